The third-order valence-corrected chi connectivity index (χ3v) is 424. The molecule has 0 aliphatic rings. The van der Waals surface area contributed by atoms with E-state index in [1.807, 2.05) is 0 Å². The van der Waals surface area contributed by atoms with Gasteiger partial charge in [-0.05, 0) is 203 Å². The molecule has 0 saturated heterocycles. The Hall–Kier alpha value is 25.8. The van der Waals surface area contributed by atoms with E-state index in [1.54, 1.807) is 0 Å². The first kappa shape index (κ1) is 85.8. The molecule has 60 heteroatoms. The zero-order valence-corrected chi connectivity index (χ0v) is 92.6. The molecule has 0 fully saturated rings. The average Bonchev–Trinajstić information content (AvgIpc) is 3.02. The summed E-state index contributed by atoms with van der Waals surface area (Å²) in [7, 11) is 110. The maximum absolute atomic E-state index is 3.79. The third-order valence-electron chi connectivity index (χ3n) is 5.23. The smallest absolute Gasteiger partial charge is 0.0000114 e. The summed E-state index contributed by atoms with van der Waals surface area (Å²) in [6.07, 6.45) is 0. The van der Waals surface area contributed by atoms with Gasteiger partial charge in [-0.25, -0.2) is 0 Å². The van der Waals surface area contributed by atoms with Gasteiger partial charge in [0.05, 0.1) is 0 Å². The highest BCUT2D eigenvalue weighted by Crippen LogP contribution is 3.48. The van der Waals surface area contributed by atoms with Gasteiger partial charge >= 0.3 is 0 Å². The lowest BCUT2D eigenvalue weighted by molar-refractivity contribution is 4.33. The van der Waals surface area contributed by atoms with Crippen LogP contribution in [-0.2, 0) is 0 Å². The molecule has 0 aliphatic carbocycles. The van der Waals surface area contributed by atoms with Crippen LogP contribution in [0.4, 0.5) is 0 Å². The highest BCUT2D eigenvalue weighted by atomic mass is 33.6. The Morgan fingerprint density at radius 3 is 0.317 bits per heavy atom. The van der Waals surface area contributed by atoms with Crippen LogP contribution in [0.5, 0.6) is 0 Å². The van der Waals surface area contributed by atoms with Crippen LogP contribution in [0.15, 0.2) is 0 Å². The molecule has 0 bridgehead atoms. The predicted octanol–water partition coefficient (Wildman–Crippen LogP) is 35.1. The fourth-order valence-corrected chi connectivity index (χ4v) is 858. The van der Waals surface area contributed by atoms with Crippen molar-refractivity contribution in [3.05, 3.63) is 0 Å². The summed E-state index contributed by atoms with van der Waals surface area (Å²) in [5.41, 5.74) is 0. The second kappa shape index (κ2) is 46.8. The summed E-state index contributed by atoms with van der Waals surface area (Å²) >= 11 is 0. The zero-order valence-electron chi connectivity index (χ0n) is 30.9. The minimum absolute atomic E-state index is 0.185. The molecule has 0 N–H and O–H groups in total. The van der Waals surface area contributed by atoms with Crippen LogP contribution < -0.4 is 0 Å². The number of hydrogen-bond donors (Lipinski definition) is 0. The van der Waals surface area contributed by atoms with Crippen molar-refractivity contribution in [2.45, 2.75) is 0 Å². The number of rotatable bonds is 28. The lowest BCUT2D eigenvalue weighted by Gasteiger charge is -2.60. The monoisotopic (exact) mass is 1920 g/mol. The van der Waals surface area contributed by atoms with Gasteiger partial charge in [0.15, 0.2) is 0 Å². The van der Waals surface area contributed by atoms with Gasteiger partial charge in [0.25, 0.3) is 0 Å². The fourth-order valence-electron chi connectivity index (χ4n) is 3.53. The molecule has 0 saturated carbocycles. The quantitative estimate of drug-likeness (QED) is 0.0685. The lowest BCUT2D eigenvalue weighted by Crippen LogP contribution is -1.73. The molecule has 362 valence electrons. The van der Waals surface area contributed by atoms with Gasteiger partial charge in [0.2, 0.25) is 0 Å². The average molecular weight is 1920 g/mol. The van der Waals surface area contributed by atoms with Crippen LogP contribution >= 0.6 is 479 Å². The van der Waals surface area contributed by atoms with E-state index in [1.165, 1.54) is 0 Å². The van der Waals surface area contributed by atoms with Crippen molar-refractivity contribution in [1.82, 2.24) is 0 Å². The maximum Gasteiger partial charge on any atom is -0.0000114 e. The standard InChI is InChI=1S/H62P60/c1-32(2)47(31)55(48(33(3)4)34(5)6)59(56(49(35(7)8)36(9)10)50(37(11)12)38(13)14)60(57(51(39(15)16)40(17)18)52(41(19)20)42(21)22)58(53(43(23)24)44(25)26)54(45(27)28)46(29)30/h1-31H2. The Labute approximate surface area is 472 Å². The SMILES string of the molecule is PP(P)P(P)P(P(P(P)P)P(P)P)P(P(P(P(P)P)P(P)P)P(P(P)P)P(P)P)P(P(P(P(P)P)P(P)P)P(P(P)P)P(P)P)P(P(P(P)P)P(P)P)P(P(P)P)P(P)P. The van der Waals surface area contributed by atoms with Crippen LogP contribution in [-0.4, -0.2) is 0 Å². The first-order chi connectivity index (χ1) is 27.2. The van der Waals surface area contributed by atoms with Crippen molar-refractivity contribution in [2.75, 3.05) is 0 Å². The molecule has 0 aromatic carbocycles. The molecule has 0 rings (SSSR count). The van der Waals surface area contributed by atoms with Gasteiger partial charge in [-0.15, -0.1) is 277 Å². The Bertz CT molecular complexity index is 931. The Kier molecular flexibility index (Phi) is 66.9. The topological polar surface area (TPSA) is 0 Å². The van der Waals surface area contributed by atoms with Crippen LogP contribution in [0.2, 0.25) is 0 Å². The van der Waals surface area contributed by atoms with Crippen LogP contribution in [0, 0.1) is 0 Å². The van der Waals surface area contributed by atoms with E-state index in [0.29, 0.717) is 0 Å². The molecular weight excluding hydrogens is 1860 g/mol. The molecule has 0 aliphatic heterocycles. The summed E-state index contributed by atoms with van der Waals surface area (Å²) in [5, 5.41) is 0. The molecule has 0 heterocycles. The molecule has 34 atom stereocenters. The van der Waals surface area contributed by atoms with E-state index in [2.05, 4.69) is 277 Å². The molecule has 0 nitrogen and oxygen atoms in total. The summed E-state index contributed by atoms with van der Waals surface area (Å²) in [4.78, 5) is 0. The van der Waals surface area contributed by atoms with Gasteiger partial charge in [-0.3, -0.25) is 0 Å². The van der Waals surface area contributed by atoms with Crippen molar-refractivity contribution >= 4 is 479 Å². The molecule has 0 radical (unpaired) electrons. The summed E-state index contributed by atoms with van der Waals surface area (Å²) in [6, 6.07) is 0. The highest BCUT2D eigenvalue weighted by Gasteiger charge is 2.61. The second-order valence-corrected chi connectivity index (χ2v) is 257. The first-order valence-corrected chi connectivity index (χ1v) is 122. The van der Waals surface area contributed by atoms with Crippen molar-refractivity contribution in [1.29, 1.82) is 0 Å². The van der Waals surface area contributed by atoms with Gasteiger partial charge < -0.3 is 0 Å². The molecular formula is H62P60. The van der Waals surface area contributed by atoms with Gasteiger partial charge in [0, 0.05) is 0 Å². The van der Waals surface area contributed by atoms with Crippen molar-refractivity contribution < 1.29 is 0 Å². The highest BCUT2D eigenvalue weighted by molar-refractivity contribution is 9.54. The van der Waals surface area contributed by atoms with E-state index < -0.39 is 0 Å². The van der Waals surface area contributed by atoms with E-state index in [9.17, 15) is 0 Å². The minimum atomic E-state index is -0.272. The maximum atomic E-state index is 3.79. The first-order valence-electron chi connectivity index (χ1n) is 13.6. The van der Waals surface area contributed by atoms with Gasteiger partial charge in [-0.1, -0.05) is 0 Å². The van der Waals surface area contributed by atoms with Crippen molar-refractivity contribution in [3.8, 4) is 0 Å². The Morgan fingerprint density at radius 2 is 0.200 bits per heavy atom. The predicted molar refractivity (Wildman–Crippen MR) is 502 cm³/mol. The second-order valence-electron chi connectivity index (χ2n) is 9.51. The summed E-state index contributed by atoms with van der Waals surface area (Å²) < 4.78 is 0. The molecule has 0 amide bonds. The van der Waals surface area contributed by atoms with E-state index in [-0.39, 0.29) is 203 Å². The molecule has 34 unspecified atom stereocenters. The number of hydrogen-bond acceptors (Lipinski definition) is 0. The molecule has 0 aromatic rings. The van der Waals surface area contributed by atoms with E-state index >= 15 is 0 Å². The van der Waals surface area contributed by atoms with Crippen LogP contribution in [0.1, 0.15) is 0 Å². The molecule has 60 heavy (non-hydrogen) atoms. The lowest BCUT2D eigenvalue weighted by atomic mass is 28.4. The van der Waals surface area contributed by atoms with Crippen LogP contribution in [0.3, 0.4) is 0 Å². The molecule has 0 spiro atoms. The minimum Gasteiger partial charge on any atom is -0.102 e. The van der Waals surface area contributed by atoms with E-state index in [4.69, 9.17) is 0 Å². The van der Waals surface area contributed by atoms with E-state index in [0.717, 1.165) is 0 Å². The Balaban J connectivity index is 10.7. The van der Waals surface area contributed by atoms with Gasteiger partial charge in [-0.2, -0.15) is 0 Å². The third kappa shape index (κ3) is 30.3. The summed E-state index contributed by atoms with van der Waals surface area (Å²) in [5.74, 6) is 0. The van der Waals surface area contributed by atoms with Crippen molar-refractivity contribution in [3.63, 3.8) is 0 Å². The summed E-state index contributed by atoms with van der Waals surface area (Å²) in [6.45, 7) is -6.73. The van der Waals surface area contributed by atoms with Crippen molar-refractivity contribution in [2.24, 2.45) is 0 Å². The largest absolute Gasteiger partial charge is 0.102 e. The van der Waals surface area contributed by atoms with Crippen LogP contribution in [0.25, 0.3) is 0 Å². The normalized spacial score (nSPS) is 15.9. The van der Waals surface area contributed by atoms with Gasteiger partial charge in [0.1, 0.15) is 0 Å². The fraction of sp³-hybridized carbons (Fsp3) is 0. The zero-order chi connectivity index (χ0) is 47.7. The molecule has 0 aromatic heterocycles. The Morgan fingerprint density at radius 1 is 0.100 bits per heavy atom.